The molecular weight excluding hydrogens is 355 g/mol. The Morgan fingerprint density at radius 3 is 2.61 bits per heavy atom. The first-order valence-electron chi connectivity index (χ1n) is 8.83. The van der Waals surface area contributed by atoms with Gasteiger partial charge in [-0.1, -0.05) is 36.4 Å². The molecule has 1 aromatic heterocycles. The Balaban J connectivity index is 1.46. The highest BCUT2D eigenvalue weighted by Crippen LogP contribution is 2.22. The smallest absolute Gasteiger partial charge is 0.251 e. The van der Waals surface area contributed by atoms with Crippen LogP contribution in [0.3, 0.4) is 0 Å². The summed E-state index contributed by atoms with van der Waals surface area (Å²) < 4.78 is 20.0. The van der Waals surface area contributed by atoms with Gasteiger partial charge in [0.2, 0.25) is 0 Å². The van der Waals surface area contributed by atoms with Crippen LogP contribution >= 0.6 is 0 Å². The van der Waals surface area contributed by atoms with E-state index in [1.165, 1.54) is 12.3 Å². The highest BCUT2D eigenvalue weighted by atomic mass is 19.1. The fourth-order valence-corrected chi connectivity index (χ4v) is 2.91. The number of fused-ring (bicyclic) bond motifs is 1. The number of amides is 1. The molecule has 0 fully saturated rings. The standard InChI is InChI=1S/C23H17FN2O2/c24-21-14-18(13-17-7-5-11-25-22(17)21)23(27)26-15-16-6-4-10-20(12-16)28-19-8-2-1-3-9-19/h1-14H,15H2,(H,26,27). The van der Waals surface area contributed by atoms with Gasteiger partial charge in [0.05, 0.1) is 0 Å². The van der Waals surface area contributed by atoms with Crippen molar-refractivity contribution in [2.24, 2.45) is 0 Å². The number of carbonyl (C=O) groups excluding carboxylic acids is 1. The van der Waals surface area contributed by atoms with Crippen molar-refractivity contribution in [3.63, 3.8) is 0 Å². The first-order valence-corrected chi connectivity index (χ1v) is 8.83. The van der Waals surface area contributed by atoms with Crippen molar-refractivity contribution in [2.45, 2.75) is 6.54 Å². The maximum atomic E-state index is 14.2. The average molecular weight is 372 g/mol. The van der Waals surface area contributed by atoms with Gasteiger partial charge in [-0.05, 0) is 48.0 Å². The SMILES string of the molecule is O=C(NCc1cccc(Oc2ccccc2)c1)c1cc(F)c2ncccc2c1. The Morgan fingerprint density at radius 2 is 1.75 bits per heavy atom. The molecule has 0 saturated carbocycles. The molecule has 0 unspecified atom stereocenters. The molecule has 4 aromatic rings. The summed E-state index contributed by atoms with van der Waals surface area (Å²) in [7, 11) is 0. The highest BCUT2D eigenvalue weighted by Gasteiger charge is 2.11. The Morgan fingerprint density at radius 1 is 0.929 bits per heavy atom. The summed E-state index contributed by atoms with van der Waals surface area (Å²) in [6.45, 7) is 0.303. The Labute approximate surface area is 161 Å². The summed E-state index contributed by atoms with van der Waals surface area (Å²) in [5.74, 6) is 0.560. The second-order valence-electron chi connectivity index (χ2n) is 6.28. The van der Waals surface area contributed by atoms with Crippen molar-refractivity contribution in [1.29, 1.82) is 0 Å². The molecule has 1 heterocycles. The number of pyridine rings is 1. The van der Waals surface area contributed by atoms with Crippen LogP contribution in [0.1, 0.15) is 15.9 Å². The molecule has 0 bridgehead atoms. The van der Waals surface area contributed by atoms with E-state index in [9.17, 15) is 9.18 Å². The van der Waals surface area contributed by atoms with Crippen molar-refractivity contribution in [3.05, 3.63) is 102 Å². The van der Waals surface area contributed by atoms with E-state index in [1.807, 2.05) is 54.6 Å². The number of hydrogen-bond acceptors (Lipinski definition) is 3. The zero-order valence-electron chi connectivity index (χ0n) is 14.9. The molecule has 4 rings (SSSR count). The van der Waals surface area contributed by atoms with E-state index >= 15 is 0 Å². The van der Waals surface area contributed by atoms with E-state index in [0.717, 1.165) is 11.3 Å². The number of para-hydroxylation sites is 1. The van der Waals surface area contributed by atoms with E-state index in [4.69, 9.17) is 4.74 Å². The predicted molar refractivity (Wildman–Crippen MR) is 106 cm³/mol. The number of ether oxygens (including phenoxy) is 1. The third-order valence-electron chi connectivity index (χ3n) is 4.25. The van der Waals surface area contributed by atoms with Gasteiger partial charge >= 0.3 is 0 Å². The van der Waals surface area contributed by atoms with Crippen molar-refractivity contribution in [2.75, 3.05) is 0 Å². The van der Waals surface area contributed by atoms with E-state index in [-0.39, 0.29) is 17.0 Å². The first-order chi connectivity index (χ1) is 13.7. The lowest BCUT2D eigenvalue weighted by molar-refractivity contribution is 0.0950. The Hall–Kier alpha value is -3.73. The number of hydrogen-bond donors (Lipinski definition) is 1. The molecule has 0 atom stereocenters. The van der Waals surface area contributed by atoms with E-state index < -0.39 is 5.82 Å². The molecule has 0 aliphatic heterocycles. The van der Waals surface area contributed by atoms with Crippen LogP contribution in [-0.4, -0.2) is 10.9 Å². The van der Waals surface area contributed by atoms with Gasteiger partial charge in [0.15, 0.2) is 0 Å². The largest absolute Gasteiger partial charge is 0.457 e. The minimum absolute atomic E-state index is 0.254. The van der Waals surface area contributed by atoms with Crippen LogP contribution in [0.2, 0.25) is 0 Å². The summed E-state index contributed by atoms with van der Waals surface area (Å²) in [5, 5.41) is 3.41. The van der Waals surface area contributed by atoms with Gasteiger partial charge < -0.3 is 10.1 Å². The van der Waals surface area contributed by atoms with Gasteiger partial charge in [-0.2, -0.15) is 0 Å². The van der Waals surface area contributed by atoms with Crippen molar-refractivity contribution < 1.29 is 13.9 Å². The van der Waals surface area contributed by atoms with Crippen LogP contribution in [0.15, 0.2) is 85.1 Å². The summed E-state index contributed by atoms with van der Waals surface area (Å²) in [4.78, 5) is 16.5. The minimum atomic E-state index is -0.512. The fourth-order valence-electron chi connectivity index (χ4n) is 2.91. The molecule has 0 saturated heterocycles. The molecule has 28 heavy (non-hydrogen) atoms. The zero-order chi connectivity index (χ0) is 19.3. The normalized spacial score (nSPS) is 10.6. The molecule has 0 aliphatic carbocycles. The van der Waals surface area contributed by atoms with Crippen LogP contribution < -0.4 is 10.1 Å². The second kappa shape index (κ2) is 7.88. The van der Waals surface area contributed by atoms with Crippen LogP contribution in [0.4, 0.5) is 4.39 Å². The molecule has 4 nitrogen and oxygen atoms in total. The molecule has 0 radical (unpaired) electrons. The maximum Gasteiger partial charge on any atom is 0.251 e. The topological polar surface area (TPSA) is 51.2 Å². The Bertz CT molecular complexity index is 1130. The minimum Gasteiger partial charge on any atom is -0.457 e. The molecule has 138 valence electrons. The molecule has 3 aromatic carbocycles. The van der Waals surface area contributed by atoms with E-state index in [2.05, 4.69) is 10.3 Å². The van der Waals surface area contributed by atoms with E-state index in [0.29, 0.717) is 17.7 Å². The van der Waals surface area contributed by atoms with Crippen LogP contribution in [0.5, 0.6) is 11.5 Å². The number of nitrogens with zero attached hydrogens (tertiary/aromatic N) is 1. The van der Waals surface area contributed by atoms with Gasteiger partial charge in [-0.3, -0.25) is 9.78 Å². The number of halogens is 1. The summed E-state index contributed by atoms with van der Waals surface area (Å²) in [6.07, 6.45) is 1.52. The van der Waals surface area contributed by atoms with Gasteiger partial charge in [0.1, 0.15) is 22.8 Å². The Kier molecular flexibility index (Phi) is 4.97. The van der Waals surface area contributed by atoms with Crippen LogP contribution in [0.25, 0.3) is 10.9 Å². The summed E-state index contributed by atoms with van der Waals surface area (Å²) in [6, 6.07) is 23.2. The summed E-state index contributed by atoms with van der Waals surface area (Å²) in [5.41, 5.74) is 1.39. The van der Waals surface area contributed by atoms with Crippen molar-refractivity contribution >= 4 is 16.8 Å². The molecule has 1 N–H and O–H groups in total. The maximum absolute atomic E-state index is 14.2. The van der Waals surface area contributed by atoms with Crippen molar-refractivity contribution in [1.82, 2.24) is 10.3 Å². The van der Waals surface area contributed by atoms with Gasteiger partial charge in [0, 0.05) is 23.7 Å². The number of carbonyl (C=O) groups is 1. The molecule has 0 spiro atoms. The molecular formula is C23H17FN2O2. The van der Waals surface area contributed by atoms with Gasteiger partial charge in [-0.15, -0.1) is 0 Å². The van der Waals surface area contributed by atoms with Crippen LogP contribution in [-0.2, 0) is 6.54 Å². The number of rotatable bonds is 5. The fraction of sp³-hybridized carbons (Fsp3) is 0.0435. The predicted octanol–water partition coefficient (Wildman–Crippen LogP) is 5.10. The first kappa shape index (κ1) is 17.7. The highest BCUT2D eigenvalue weighted by molar-refractivity contribution is 5.98. The molecule has 1 amide bonds. The molecule has 5 heteroatoms. The van der Waals surface area contributed by atoms with E-state index in [1.54, 1.807) is 18.2 Å². The van der Waals surface area contributed by atoms with Crippen molar-refractivity contribution in [3.8, 4) is 11.5 Å². The molecule has 0 aliphatic rings. The second-order valence-corrected chi connectivity index (χ2v) is 6.28. The third kappa shape index (κ3) is 3.99. The lowest BCUT2D eigenvalue weighted by Crippen LogP contribution is -2.23. The third-order valence-corrected chi connectivity index (χ3v) is 4.25. The van der Waals surface area contributed by atoms with Gasteiger partial charge in [-0.25, -0.2) is 4.39 Å². The quantitative estimate of drug-likeness (QED) is 0.530. The summed E-state index contributed by atoms with van der Waals surface area (Å²) >= 11 is 0. The number of benzene rings is 3. The lowest BCUT2D eigenvalue weighted by Gasteiger charge is -2.09. The average Bonchev–Trinajstić information content (AvgIpc) is 2.73. The number of nitrogens with one attached hydrogen (secondary N) is 1. The number of aromatic nitrogens is 1. The monoisotopic (exact) mass is 372 g/mol. The van der Waals surface area contributed by atoms with Crippen LogP contribution in [0, 0.1) is 5.82 Å². The lowest BCUT2D eigenvalue weighted by atomic mass is 10.1. The van der Waals surface area contributed by atoms with Gasteiger partial charge in [0.25, 0.3) is 5.91 Å². The zero-order valence-corrected chi connectivity index (χ0v) is 14.9.